The van der Waals surface area contributed by atoms with Crippen LogP contribution in [0.3, 0.4) is 0 Å². The Balaban J connectivity index is 1.78. The van der Waals surface area contributed by atoms with E-state index in [0.717, 1.165) is 17.0 Å². The summed E-state index contributed by atoms with van der Waals surface area (Å²) < 4.78 is 5.59. The van der Waals surface area contributed by atoms with Gasteiger partial charge in [-0.3, -0.25) is 9.59 Å². The van der Waals surface area contributed by atoms with Gasteiger partial charge in [-0.25, -0.2) is 0 Å². The highest BCUT2D eigenvalue weighted by atomic mass is 35.5. The number of nitrogens with zero attached hydrogens (tertiary/aromatic N) is 1. The van der Waals surface area contributed by atoms with Crippen LogP contribution in [0, 0.1) is 0 Å². The highest BCUT2D eigenvalue weighted by molar-refractivity contribution is 8.00. The second-order valence-electron chi connectivity index (χ2n) is 6.02. The zero-order valence-corrected chi connectivity index (χ0v) is 15.8. The number of nitrogens with two attached hydrogens (primary N) is 1. The van der Waals surface area contributed by atoms with Crippen molar-refractivity contribution in [2.24, 2.45) is 5.73 Å². The molecule has 2 N–H and O–H groups in total. The van der Waals surface area contributed by atoms with Gasteiger partial charge in [-0.05, 0) is 36.8 Å². The molecular formula is C19H19ClN2O3S. The van der Waals surface area contributed by atoms with E-state index in [9.17, 15) is 9.59 Å². The first-order valence-corrected chi connectivity index (χ1v) is 9.49. The molecular weight excluding hydrogens is 372 g/mol. The van der Waals surface area contributed by atoms with Gasteiger partial charge in [-0.15, -0.1) is 11.8 Å². The van der Waals surface area contributed by atoms with Crippen LogP contribution < -0.4 is 15.4 Å². The lowest BCUT2D eigenvalue weighted by atomic mass is 10.2. The van der Waals surface area contributed by atoms with Gasteiger partial charge in [-0.1, -0.05) is 30.7 Å². The third-order valence-corrected chi connectivity index (χ3v) is 5.58. The number of amides is 2. The second-order valence-corrected chi connectivity index (χ2v) is 7.94. The van der Waals surface area contributed by atoms with E-state index >= 15 is 0 Å². The van der Waals surface area contributed by atoms with Gasteiger partial charge >= 0.3 is 0 Å². The molecule has 0 unspecified atom stereocenters. The van der Waals surface area contributed by atoms with E-state index in [2.05, 4.69) is 6.92 Å². The van der Waals surface area contributed by atoms with E-state index in [1.165, 1.54) is 6.07 Å². The molecule has 2 aromatic rings. The Kier molecular flexibility index (Phi) is 5.74. The number of ether oxygens (including phenoxy) is 1. The van der Waals surface area contributed by atoms with E-state index in [4.69, 9.17) is 22.1 Å². The molecule has 26 heavy (non-hydrogen) atoms. The molecule has 5 nitrogen and oxygen atoms in total. The quantitative estimate of drug-likeness (QED) is 0.863. The molecule has 0 radical (unpaired) electrons. The van der Waals surface area contributed by atoms with Gasteiger partial charge in [-0.2, -0.15) is 0 Å². The van der Waals surface area contributed by atoms with Crippen molar-refractivity contribution in [3.8, 4) is 5.75 Å². The van der Waals surface area contributed by atoms with Gasteiger partial charge in [0, 0.05) is 21.7 Å². The first kappa shape index (κ1) is 18.6. The number of carbonyl (C=O) groups is 2. The summed E-state index contributed by atoms with van der Waals surface area (Å²) in [6.45, 7) is 2.59. The number of hydrogen-bond donors (Lipinski definition) is 1. The lowest BCUT2D eigenvalue weighted by Gasteiger charge is -2.22. The smallest absolute Gasteiger partial charge is 0.264 e. The Morgan fingerprint density at radius 1 is 1.31 bits per heavy atom. The molecule has 0 spiro atoms. The number of halogens is 1. The lowest BCUT2D eigenvalue weighted by molar-refractivity contribution is -0.120. The van der Waals surface area contributed by atoms with Crippen LogP contribution in [0.1, 0.15) is 23.7 Å². The number of benzene rings is 2. The number of carbonyl (C=O) groups excluding carboxylic acids is 2. The fourth-order valence-electron chi connectivity index (χ4n) is 2.78. The number of anilines is 1. The molecule has 0 bridgehead atoms. The summed E-state index contributed by atoms with van der Waals surface area (Å²) in [4.78, 5) is 27.2. The highest BCUT2D eigenvalue weighted by Crippen LogP contribution is 2.37. The van der Waals surface area contributed by atoms with E-state index in [0.29, 0.717) is 16.8 Å². The topological polar surface area (TPSA) is 72.6 Å². The third-order valence-electron chi connectivity index (χ3n) is 4.10. The van der Waals surface area contributed by atoms with Crippen LogP contribution in [-0.4, -0.2) is 30.2 Å². The summed E-state index contributed by atoms with van der Waals surface area (Å²) in [5.41, 5.74) is 6.40. The minimum Gasteiger partial charge on any atom is -0.483 e. The largest absolute Gasteiger partial charge is 0.483 e. The van der Waals surface area contributed by atoms with Crippen molar-refractivity contribution in [2.75, 3.05) is 18.1 Å². The molecule has 2 amide bonds. The van der Waals surface area contributed by atoms with E-state index in [1.54, 1.807) is 28.8 Å². The number of hydrogen-bond acceptors (Lipinski definition) is 4. The molecule has 1 atom stereocenters. The number of primary amides is 1. The summed E-state index contributed by atoms with van der Waals surface area (Å²) in [5.74, 6) is -0.570. The van der Waals surface area contributed by atoms with Crippen LogP contribution in [0.15, 0.2) is 47.4 Å². The van der Waals surface area contributed by atoms with Gasteiger partial charge in [0.2, 0.25) is 0 Å². The lowest BCUT2D eigenvalue weighted by Crippen LogP contribution is -2.36. The Hall–Kier alpha value is -2.18. The summed E-state index contributed by atoms with van der Waals surface area (Å²) >= 11 is 7.66. The molecule has 0 fully saturated rings. The number of para-hydroxylation sites is 1. The zero-order chi connectivity index (χ0) is 18.7. The molecule has 1 aliphatic heterocycles. The van der Waals surface area contributed by atoms with Gasteiger partial charge in [0.05, 0.1) is 11.3 Å². The van der Waals surface area contributed by atoms with E-state index in [1.807, 2.05) is 24.3 Å². The Morgan fingerprint density at radius 3 is 2.85 bits per heavy atom. The molecule has 0 aliphatic carbocycles. The molecule has 0 saturated carbocycles. The Labute approximate surface area is 161 Å². The molecule has 2 aromatic carbocycles. The summed E-state index contributed by atoms with van der Waals surface area (Å²) in [6.07, 6.45) is 0.887. The van der Waals surface area contributed by atoms with Crippen molar-refractivity contribution < 1.29 is 14.3 Å². The average molecular weight is 391 g/mol. The summed E-state index contributed by atoms with van der Waals surface area (Å²) in [5, 5.41) is 0.803. The third kappa shape index (κ3) is 4.14. The van der Waals surface area contributed by atoms with Crippen LogP contribution >= 0.6 is 23.4 Å². The number of rotatable bonds is 4. The summed E-state index contributed by atoms with van der Waals surface area (Å²) in [6, 6.07) is 12.4. The van der Waals surface area contributed by atoms with Crippen molar-refractivity contribution in [1.82, 2.24) is 0 Å². The van der Waals surface area contributed by atoms with Gasteiger partial charge in [0.25, 0.3) is 11.8 Å². The van der Waals surface area contributed by atoms with E-state index < -0.39 is 5.91 Å². The standard InChI is InChI=1S/C19H19ClN2O3S/c1-12-8-9-22(15-4-2-3-5-17(15)26-12)18(23)11-25-16-7-6-13(20)10-14(16)19(21)24/h2-7,10,12H,8-9,11H2,1H3,(H2,21,24)/t12-/m1/s1. The normalized spacial score (nSPS) is 16.5. The second kappa shape index (κ2) is 8.01. The Bertz CT molecular complexity index is 843. The van der Waals surface area contributed by atoms with Crippen LogP contribution in [0.2, 0.25) is 5.02 Å². The van der Waals surface area contributed by atoms with Crippen LogP contribution in [0.4, 0.5) is 5.69 Å². The van der Waals surface area contributed by atoms with Crippen LogP contribution in [-0.2, 0) is 4.79 Å². The fraction of sp³-hybridized carbons (Fsp3) is 0.263. The molecule has 1 aliphatic rings. The van der Waals surface area contributed by atoms with Crippen molar-refractivity contribution in [3.05, 3.63) is 53.1 Å². The van der Waals surface area contributed by atoms with Gasteiger partial charge in [0.1, 0.15) is 5.75 Å². The maximum absolute atomic E-state index is 12.8. The maximum Gasteiger partial charge on any atom is 0.264 e. The summed E-state index contributed by atoms with van der Waals surface area (Å²) in [7, 11) is 0. The van der Waals surface area contributed by atoms with Crippen molar-refractivity contribution in [2.45, 2.75) is 23.5 Å². The Morgan fingerprint density at radius 2 is 2.08 bits per heavy atom. The highest BCUT2D eigenvalue weighted by Gasteiger charge is 2.24. The molecule has 0 aromatic heterocycles. The van der Waals surface area contributed by atoms with Gasteiger partial charge < -0.3 is 15.4 Å². The average Bonchev–Trinajstić information content (AvgIpc) is 2.78. The first-order valence-electron chi connectivity index (χ1n) is 8.24. The van der Waals surface area contributed by atoms with Crippen LogP contribution in [0.5, 0.6) is 5.75 Å². The maximum atomic E-state index is 12.8. The molecule has 1 heterocycles. The molecule has 3 rings (SSSR count). The minimum atomic E-state index is -0.653. The van der Waals surface area contributed by atoms with Crippen molar-refractivity contribution in [3.63, 3.8) is 0 Å². The molecule has 7 heteroatoms. The molecule has 0 saturated heterocycles. The van der Waals surface area contributed by atoms with Gasteiger partial charge in [0.15, 0.2) is 6.61 Å². The number of fused-ring (bicyclic) bond motifs is 1. The predicted octanol–water partition coefficient (Wildman–Crippen LogP) is 3.74. The fourth-order valence-corrected chi connectivity index (χ4v) is 4.07. The monoisotopic (exact) mass is 390 g/mol. The predicted molar refractivity (Wildman–Crippen MR) is 104 cm³/mol. The van der Waals surface area contributed by atoms with Crippen molar-refractivity contribution in [1.29, 1.82) is 0 Å². The zero-order valence-electron chi connectivity index (χ0n) is 14.3. The number of thioether (sulfide) groups is 1. The van der Waals surface area contributed by atoms with Crippen molar-refractivity contribution >= 4 is 40.9 Å². The van der Waals surface area contributed by atoms with Crippen LogP contribution in [0.25, 0.3) is 0 Å². The molecule has 136 valence electrons. The SMILES string of the molecule is C[C@@H]1CCN(C(=O)COc2ccc(Cl)cc2C(N)=O)c2ccccc2S1. The van der Waals surface area contributed by atoms with E-state index in [-0.39, 0.29) is 23.8 Å². The minimum absolute atomic E-state index is 0.158. The first-order chi connectivity index (χ1) is 12.5.